The molecule has 1 heterocycles. The molecule has 1 amide bonds. The first-order chi connectivity index (χ1) is 10.1. The van der Waals surface area contributed by atoms with Gasteiger partial charge in [-0.1, -0.05) is 18.7 Å². The van der Waals surface area contributed by atoms with E-state index in [-0.39, 0.29) is 5.91 Å². The lowest BCUT2D eigenvalue weighted by Crippen LogP contribution is -2.05. The summed E-state index contributed by atoms with van der Waals surface area (Å²) in [6.45, 7) is 3.58. The average molecular weight is 302 g/mol. The molecule has 0 unspecified atom stereocenters. The minimum Gasteiger partial charge on any atom is -0.373 e. The first-order valence-electron chi connectivity index (χ1n) is 6.71. The molecular weight excluding hydrogens is 284 g/mol. The normalized spacial score (nSPS) is 10.2. The molecule has 0 aliphatic carbocycles. The Balaban J connectivity index is 2.20. The van der Waals surface area contributed by atoms with Crippen molar-refractivity contribution in [3.05, 3.63) is 36.2 Å². The van der Waals surface area contributed by atoms with Crippen LogP contribution in [0.5, 0.6) is 0 Å². The molecule has 0 atom stereocenters. The number of carbonyl (C=O) groups excluding carboxylic acids is 1. The van der Waals surface area contributed by atoms with Crippen LogP contribution < -0.4 is 10.6 Å². The van der Waals surface area contributed by atoms with Gasteiger partial charge in [0.2, 0.25) is 5.91 Å². The maximum absolute atomic E-state index is 11.0. The van der Waals surface area contributed by atoms with Crippen LogP contribution in [0.3, 0.4) is 0 Å². The second-order valence-electron chi connectivity index (χ2n) is 4.42. The second-order valence-corrected chi connectivity index (χ2v) is 5.48. The average Bonchev–Trinajstić information content (AvgIpc) is 2.48. The van der Waals surface area contributed by atoms with E-state index in [0.717, 1.165) is 33.4 Å². The number of hydrogen-bond acceptors (Lipinski definition) is 5. The number of anilines is 2. The maximum Gasteiger partial charge on any atom is 0.221 e. The summed E-state index contributed by atoms with van der Waals surface area (Å²) in [6, 6.07) is 7.71. The summed E-state index contributed by atoms with van der Waals surface area (Å²) in [6.07, 6.45) is 2.43. The number of nitrogens with one attached hydrogen (secondary N) is 2. The van der Waals surface area contributed by atoms with Crippen molar-refractivity contribution in [2.75, 3.05) is 17.7 Å². The van der Waals surface area contributed by atoms with E-state index < -0.39 is 0 Å². The van der Waals surface area contributed by atoms with Gasteiger partial charge < -0.3 is 10.6 Å². The zero-order valence-corrected chi connectivity index (χ0v) is 13.1. The predicted octanol–water partition coefficient (Wildman–Crippen LogP) is 3.19. The topological polar surface area (TPSA) is 66.9 Å². The number of aromatic nitrogens is 2. The van der Waals surface area contributed by atoms with Gasteiger partial charge in [0.15, 0.2) is 0 Å². The van der Waals surface area contributed by atoms with Crippen LogP contribution in [0.25, 0.3) is 0 Å². The predicted molar refractivity (Wildman–Crippen MR) is 85.8 cm³/mol. The van der Waals surface area contributed by atoms with Gasteiger partial charge >= 0.3 is 0 Å². The second kappa shape index (κ2) is 7.08. The largest absolute Gasteiger partial charge is 0.373 e. The number of amides is 1. The molecule has 0 aliphatic heterocycles. The fourth-order valence-electron chi connectivity index (χ4n) is 1.94. The molecule has 0 aliphatic rings. The monoisotopic (exact) mass is 302 g/mol. The van der Waals surface area contributed by atoms with Gasteiger partial charge in [0, 0.05) is 30.1 Å². The van der Waals surface area contributed by atoms with Crippen LogP contribution >= 0.6 is 11.8 Å². The Morgan fingerprint density at radius 2 is 1.95 bits per heavy atom. The van der Waals surface area contributed by atoms with Crippen molar-refractivity contribution in [1.29, 1.82) is 0 Å². The molecule has 0 saturated carbocycles. The van der Waals surface area contributed by atoms with Crippen molar-refractivity contribution in [2.45, 2.75) is 30.2 Å². The molecule has 0 bridgehead atoms. The number of nitrogens with zero attached hydrogens (tertiary/aromatic N) is 2. The summed E-state index contributed by atoms with van der Waals surface area (Å²) >= 11 is 1.59. The highest BCUT2D eigenvalue weighted by molar-refractivity contribution is 7.99. The summed E-state index contributed by atoms with van der Waals surface area (Å²) in [5, 5.41) is 6.79. The van der Waals surface area contributed by atoms with E-state index in [1.54, 1.807) is 18.1 Å². The highest BCUT2D eigenvalue weighted by Crippen LogP contribution is 2.31. The number of benzene rings is 1. The maximum atomic E-state index is 11.0. The van der Waals surface area contributed by atoms with Crippen LogP contribution in [0.4, 0.5) is 11.5 Å². The molecule has 2 N–H and O–H groups in total. The Kier molecular flexibility index (Phi) is 5.16. The molecule has 5 nitrogen and oxygen atoms in total. The minimum atomic E-state index is -0.0712. The van der Waals surface area contributed by atoms with Crippen molar-refractivity contribution in [1.82, 2.24) is 9.97 Å². The lowest BCUT2D eigenvalue weighted by Gasteiger charge is -2.10. The quantitative estimate of drug-likeness (QED) is 0.830. The van der Waals surface area contributed by atoms with Gasteiger partial charge in [-0.05, 0) is 30.7 Å². The third-order valence-electron chi connectivity index (χ3n) is 2.89. The standard InChI is InChI=1S/C15H18N4OS/c1-4-13-14(16-3)17-9-18-15(13)21-12-7-5-11(6-8-12)19-10(2)20/h5-9H,4H2,1-3H3,(H,19,20)(H,16,17,18). The first kappa shape index (κ1) is 15.3. The van der Waals surface area contributed by atoms with Gasteiger partial charge in [0.05, 0.1) is 0 Å². The van der Waals surface area contributed by atoms with E-state index in [0.29, 0.717) is 0 Å². The molecule has 6 heteroatoms. The third kappa shape index (κ3) is 3.95. The summed E-state index contributed by atoms with van der Waals surface area (Å²) in [7, 11) is 1.86. The minimum absolute atomic E-state index is 0.0712. The van der Waals surface area contributed by atoms with Crippen LogP contribution in [-0.2, 0) is 11.2 Å². The van der Waals surface area contributed by atoms with Gasteiger partial charge in [0.25, 0.3) is 0 Å². The van der Waals surface area contributed by atoms with E-state index >= 15 is 0 Å². The van der Waals surface area contributed by atoms with Gasteiger partial charge in [0.1, 0.15) is 17.2 Å². The summed E-state index contributed by atoms with van der Waals surface area (Å²) in [4.78, 5) is 20.7. The zero-order valence-electron chi connectivity index (χ0n) is 12.3. The third-order valence-corrected chi connectivity index (χ3v) is 3.94. The number of rotatable bonds is 5. The van der Waals surface area contributed by atoms with Gasteiger partial charge in [-0.2, -0.15) is 0 Å². The van der Waals surface area contributed by atoms with Gasteiger partial charge in [-0.25, -0.2) is 9.97 Å². The molecule has 1 aromatic heterocycles. The molecule has 2 rings (SSSR count). The Morgan fingerprint density at radius 3 is 2.52 bits per heavy atom. The molecular formula is C15H18N4OS. The Morgan fingerprint density at radius 1 is 1.24 bits per heavy atom. The summed E-state index contributed by atoms with van der Waals surface area (Å²) in [5.41, 5.74) is 1.90. The molecule has 21 heavy (non-hydrogen) atoms. The fourth-order valence-corrected chi connectivity index (χ4v) is 2.90. The van der Waals surface area contributed by atoms with Crippen molar-refractivity contribution >= 4 is 29.2 Å². The van der Waals surface area contributed by atoms with Crippen molar-refractivity contribution in [3.63, 3.8) is 0 Å². The molecule has 0 radical (unpaired) electrons. The SMILES string of the molecule is CCc1c(NC)ncnc1Sc1ccc(NC(C)=O)cc1. The van der Waals surface area contributed by atoms with Crippen LogP contribution in [0.1, 0.15) is 19.4 Å². The molecule has 0 saturated heterocycles. The van der Waals surface area contributed by atoms with E-state index in [1.165, 1.54) is 6.92 Å². The molecule has 1 aromatic carbocycles. The molecule has 0 fully saturated rings. The van der Waals surface area contributed by atoms with Gasteiger partial charge in [-0.15, -0.1) is 0 Å². The van der Waals surface area contributed by atoms with Crippen LogP contribution in [0, 0.1) is 0 Å². The van der Waals surface area contributed by atoms with E-state index in [9.17, 15) is 4.79 Å². The highest BCUT2D eigenvalue weighted by Gasteiger charge is 2.10. The van der Waals surface area contributed by atoms with E-state index in [4.69, 9.17) is 0 Å². The van der Waals surface area contributed by atoms with Crippen molar-refractivity contribution in [3.8, 4) is 0 Å². The molecule has 2 aromatic rings. The molecule has 110 valence electrons. The van der Waals surface area contributed by atoms with Crippen LogP contribution in [0.15, 0.2) is 40.5 Å². The number of hydrogen-bond donors (Lipinski definition) is 2. The van der Waals surface area contributed by atoms with E-state index in [2.05, 4.69) is 27.5 Å². The Hall–Kier alpha value is -2.08. The van der Waals surface area contributed by atoms with Crippen molar-refractivity contribution in [2.24, 2.45) is 0 Å². The Labute approximate surface area is 128 Å². The van der Waals surface area contributed by atoms with Gasteiger partial charge in [-0.3, -0.25) is 4.79 Å². The number of carbonyl (C=O) groups is 1. The smallest absolute Gasteiger partial charge is 0.221 e. The lowest BCUT2D eigenvalue weighted by molar-refractivity contribution is -0.114. The fraction of sp³-hybridized carbons (Fsp3) is 0.267. The van der Waals surface area contributed by atoms with Crippen molar-refractivity contribution < 1.29 is 4.79 Å². The lowest BCUT2D eigenvalue weighted by atomic mass is 10.2. The summed E-state index contributed by atoms with van der Waals surface area (Å²) < 4.78 is 0. The zero-order chi connectivity index (χ0) is 15.2. The van der Waals surface area contributed by atoms with Crippen LogP contribution in [-0.4, -0.2) is 22.9 Å². The highest BCUT2D eigenvalue weighted by atomic mass is 32.2. The van der Waals surface area contributed by atoms with Crippen LogP contribution in [0.2, 0.25) is 0 Å². The Bertz CT molecular complexity index is 628. The summed E-state index contributed by atoms with van der Waals surface area (Å²) in [5.74, 6) is 0.794. The van der Waals surface area contributed by atoms with E-state index in [1.807, 2.05) is 31.3 Å². The first-order valence-corrected chi connectivity index (χ1v) is 7.52. The molecule has 0 spiro atoms.